The van der Waals surface area contributed by atoms with E-state index in [0.717, 1.165) is 24.0 Å². The van der Waals surface area contributed by atoms with Crippen molar-refractivity contribution in [2.45, 2.75) is 45.6 Å². The Bertz CT molecular complexity index is 875. The van der Waals surface area contributed by atoms with Crippen LogP contribution in [-0.4, -0.2) is 48.7 Å². The number of ketones is 2. The van der Waals surface area contributed by atoms with Crippen molar-refractivity contribution in [3.63, 3.8) is 0 Å². The predicted octanol–water partition coefficient (Wildman–Crippen LogP) is 3.42. The molecule has 0 spiro atoms. The van der Waals surface area contributed by atoms with Crippen molar-refractivity contribution in [1.29, 1.82) is 0 Å². The smallest absolute Gasteiger partial charge is 0.321 e. The highest BCUT2D eigenvalue weighted by atomic mass is 16.6. The van der Waals surface area contributed by atoms with Crippen LogP contribution in [0.3, 0.4) is 0 Å². The standard InChI is InChI=1S/C24H31NO4/c1-13(2)16-9-8-14(3)20-17(16)10-15(4)22(27)18-11-24(5,23(28)21(18)20)29-19(26)12-25(6)7/h10,16-17,20H,1,3,8-9,11-12H2,2,4-7H3/t16-,17-,20+,24+/m1/s1. The van der Waals surface area contributed by atoms with E-state index in [-0.39, 0.29) is 42.3 Å². The van der Waals surface area contributed by atoms with E-state index in [1.54, 1.807) is 32.8 Å². The molecular weight excluding hydrogens is 366 g/mol. The Hall–Kier alpha value is -2.27. The minimum atomic E-state index is -1.34. The summed E-state index contributed by atoms with van der Waals surface area (Å²) in [5.74, 6) is -0.909. The van der Waals surface area contributed by atoms with Crippen molar-refractivity contribution in [3.05, 3.63) is 47.1 Å². The van der Waals surface area contributed by atoms with Crippen LogP contribution in [0.4, 0.5) is 0 Å². The van der Waals surface area contributed by atoms with Crippen molar-refractivity contribution in [2.24, 2.45) is 17.8 Å². The van der Waals surface area contributed by atoms with Crippen LogP contribution in [0.2, 0.25) is 0 Å². The molecule has 3 aliphatic carbocycles. The third-order valence-electron chi connectivity index (χ3n) is 6.43. The van der Waals surface area contributed by atoms with Crippen molar-refractivity contribution in [1.82, 2.24) is 4.90 Å². The molecule has 29 heavy (non-hydrogen) atoms. The zero-order valence-electron chi connectivity index (χ0n) is 18.1. The average molecular weight is 398 g/mol. The fraction of sp³-hybridized carbons (Fsp3) is 0.542. The zero-order chi connectivity index (χ0) is 21.7. The van der Waals surface area contributed by atoms with Gasteiger partial charge < -0.3 is 4.74 Å². The fourth-order valence-corrected chi connectivity index (χ4v) is 5.07. The molecule has 3 aliphatic rings. The topological polar surface area (TPSA) is 63.7 Å². The monoisotopic (exact) mass is 397 g/mol. The summed E-state index contributed by atoms with van der Waals surface area (Å²) in [5.41, 5.74) is 2.31. The lowest BCUT2D eigenvalue weighted by atomic mass is 9.64. The molecule has 1 saturated carbocycles. The summed E-state index contributed by atoms with van der Waals surface area (Å²) in [6.07, 6.45) is 3.84. The highest BCUT2D eigenvalue weighted by Crippen LogP contribution is 2.52. The van der Waals surface area contributed by atoms with Gasteiger partial charge in [0.1, 0.15) is 0 Å². The van der Waals surface area contributed by atoms with Gasteiger partial charge in [-0.15, -0.1) is 0 Å². The van der Waals surface area contributed by atoms with Gasteiger partial charge in [0, 0.05) is 23.5 Å². The summed E-state index contributed by atoms with van der Waals surface area (Å²) >= 11 is 0. The molecule has 0 aliphatic heterocycles. The molecule has 0 bridgehead atoms. The van der Waals surface area contributed by atoms with Gasteiger partial charge in [0.05, 0.1) is 6.54 Å². The molecule has 4 atom stereocenters. The SMILES string of the molecule is C=C1CC[C@H](C(=C)C)[C@H]2C=C(C)C(=O)C3=C(C(=O)[C@@](C)(OC(=O)CN(C)C)C3)[C@@H]12. The number of fused-ring (bicyclic) bond motifs is 2. The molecule has 0 aromatic carbocycles. The van der Waals surface area contributed by atoms with Crippen LogP contribution >= 0.6 is 0 Å². The van der Waals surface area contributed by atoms with Gasteiger partial charge in [-0.1, -0.05) is 30.4 Å². The van der Waals surface area contributed by atoms with Crippen molar-refractivity contribution >= 4 is 17.5 Å². The predicted molar refractivity (Wildman–Crippen MR) is 112 cm³/mol. The Labute approximate surface area is 173 Å². The number of likely N-dealkylation sites (N-methyl/N-ethyl adjacent to an activating group) is 1. The highest BCUT2D eigenvalue weighted by molar-refractivity contribution is 6.19. The Kier molecular flexibility index (Phi) is 5.56. The fourth-order valence-electron chi connectivity index (χ4n) is 5.07. The van der Waals surface area contributed by atoms with Crippen molar-refractivity contribution in [2.75, 3.05) is 20.6 Å². The molecule has 1 fully saturated rings. The van der Waals surface area contributed by atoms with E-state index < -0.39 is 11.6 Å². The minimum absolute atomic E-state index is 0.0195. The molecule has 0 N–H and O–H groups in total. The number of esters is 1. The van der Waals surface area contributed by atoms with E-state index >= 15 is 0 Å². The number of nitrogens with zero attached hydrogens (tertiary/aromatic N) is 1. The Morgan fingerprint density at radius 2 is 2.00 bits per heavy atom. The molecule has 5 heteroatoms. The number of hydrogen-bond donors (Lipinski definition) is 0. The van der Waals surface area contributed by atoms with Gasteiger partial charge in [-0.3, -0.25) is 19.3 Å². The molecule has 0 radical (unpaired) electrons. The maximum Gasteiger partial charge on any atom is 0.321 e. The maximum atomic E-state index is 13.6. The molecule has 3 rings (SSSR count). The van der Waals surface area contributed by atoms with Crippen molar-refractivity contribution in [3.8, 4) is 0 Å². The van der Waals surface area contributed by atoms with E-state index in [2.05, 4.69) is 13.2 Å². The number of carbonyl (C=O) groups excluding carboxylic acids is 3. The van der Waals surface area contributed by atoms with Gasteiger partial charge in [0.2, 0.25) is 5.78 Å². The van der Waals surface area contributed by atoms with Crippen LogP contribution in [0.1, 0.15) is 40.0 Å². The second kappa shape index (κ2) is 7.52. The first kappa shape index (κ1) is 21.4. The quantitative estimate of drug-likeness (QED) is 0.537. The normalized spacial score (nSPS) is 32.0. The maximum absolute atomic E-state index is 13.6. The first-order valence-electron chi connectivity index (χ1n) is 10.2. The van der Waals surface area contributed by atoms with Gasteiger partial charge in [-0.2, -0.15) is 0 Å². The first-order valence-corrected chi connectivity index (χ1v) is 10.2. The molecular formula is C24H31NO4. The van der Waals surface area contributed by atoms with Gasteiger partial charge in [0.15, 0.2) is 11.4 Å². The second-order valence-electron chi connectivity index (χ2n) is 9.22. The molecule has 0 unspecified atom stereocenters. The lowest BCUT2D eigenvalue weighted by Crippen LogP contribution is -2.42. The third kappa shape index (κ3) is 3.68. The van der Waals surface area contributed by atoms with Crippen LogP contribution in [0.25, 0.3) is 0 Å². The zero-order valence-corrected chi connectivity index (χ0v) is 18.1. The highest BCUT2D eigenvalue weighted by Gasteiger charge is 2.54. The number of hydrogen-bond acceptors (Lipinski definition) is 5. The number of allylic oxidation sites excluding steroid dienone is 4. The minimum Gasteiger partial charge on any atom is -0.450 e. The largest absolute Gasteiger partial charge is 0.450 e. The molecule has 0 saturated heterocycles. The Morgan fingerprint density at radius 1 is 1.34 bits per heavy atom. The van der Waals surface area contributed by atoms with Crippen molar-refractivity contribution < 1.29 is 19.1 Å². The molecule has 156 valence electrons. The summed E-state index contributed by atoms with van der Waals surface area (Å²) in [7, 11) is 3.53. The summed E-state index contributed by atoms with van der Waals surface area (Å²) in [4.78, 5) is 40.7. The number of rotatable bonds is 4. The Balaban J connectivity index is 2.04. The Morgan fingerprint density at radius 3 is 2.59 bits per heavy atom. The summed E-state index contributed by atoms with van der Waals surface area (Å²) in [6, 6.07) is 0. The molecule has 5 nitrogen and oxygen atoms in total. The van der Waals surface area contributed by atoms with E-state index in [0.29, 0.717) is 16.7 Å². The van der Waals surface area contributed by atoms with Gasteiger partial charge in [0.25, 0.3) is 0 Å². The van der Waals surface area contributed by atoms with Crippen LogP contribution in [0.5, 0.6) is 0 Å². The van der Waals surface area contributed by atoms with Crippen LogP contribution in [0.15, 0.2) is 47.1 Å². The van der Waals surface area contributed by atoms with Crippen LogP contribution < -0.4 is 0 Å². The van der Waals surface area contributed by atoms with Gasteiger partial charge >= 0.3 is 5.97 Å². The van der Waals surface area contributed by atoms with E-state index in [1.165, 1.54) is 0 Å². The molecule has 0 amide bonds. The average Bonchev–Trinajstić information content (AvgIpc) is 2.78. The first-order chi connectivity index (χ1) is 13.5. The summed E-state index contributed by atoms with van der Waals surface area (Å²) in [5, 5.41) is 0. The molecule has 0 aromatic heterocycles. The van der Waals surface area contributed by atoms with Gasteiger partial charge in [-0.05, 0) is 65.1 Å². The van der Waals surface area contributed by atoms with E-state index in [4.69, 9.17) is 4.74 Å². The van der Waals surface area contributed by atoms with E-state index in [9.17, 15) is 14.4 Å². The lowest BCUT2D eigenvalue weighted by molar-refractivity contribution is -0.163. The summed E-state index contributed by atoms with van der Waals surface area (Å²) < 4.78 is 5.64. The van der Waals surface area contributed by atoms with Crippen LogP contribution in [-0.2, 0) is 19.1 Å². The lowest BCUT2D eigenvalue weighted by Gasteiger charge is -2.39. The summed E-state index contributed by atoms with van der Waals surface area (Å²) in [6.45, 7) is 13.9. The van der Waals surface area contributed by atoms with E-state index in [1.807, 2.05) is 13.0 Å². The third-order valence-corrected chi connectivity index (χ3v) is 6.43. The second-order valence-corrected chi connectivity index (χ2v) is 9.22. The van der Waals surface area contributed by atoms with Gasteiger partial charge in [-0.25, -0.2) is 0 Å². The number of ether oxygens (including phenoxy) is 1. The van der Waals surface area contributed by atoms with Crippen LogP contribution in [0, 0.1) is 17.8 Å². The number of carbonyl (C=O) groups is 3. The molecule has 0 aromatic rings. The number of Topliss-reactive ketones (excluding diaryl/α,β-unsaturated/α-hetero) is 2. The molecule has 0 heterocycles.